The van der Waals surface area contributed by atoms with Gasteiger partial charge in [0.25, 0.3) is 0 Å². The van der Waals surface area contributed by atoms with Crippen molar-refractivity contribution >= 4 is 62.5 Å². The highest BCUT2D eigenvalue weighted by atomic mass is 32.2. The fourth-order valence-electron chi connectivity index (χ4n) is 3.79. The van der Waals surface area contributed by atoms with Crippen LogP contribution in [0.3, 0.4) is 0 Å². The zero-order valence-corrected chi connectivity index (χ0v) is 20.6. The van der Waals surface area contributed by atoms with Gasteiger partial charge in [-0.15, -0.1) is 11.3 Å². The summed E-state index contributed by atoms with van der Waals surface area (Å²) >= 11 is 2.54. The summed E-state index contributed by atoms with van der Waals surface area (Å²) in [6.07, 6.45) is 0. The third-order valence-corrected chi connectivity index (χ3v) is 7.55. The molecule has 4 rings (SSSR count). The highest BCUT2D eigenvalue weighted by molar-refractivity contribution is 8.00. The molecule has 0 radical (unpaired) electrons. The van der Waals surface area contributed by atoms with E-state index >= 15 is 0 Å². The summed E-state index contributed by atoms with van der Waals surface area (Å²) in [7, 11) is 0. The average molecular weight is 485 g/mol. The van der Waals surface area contributed by atoms with Gasteiger partial charge in [-0.25, -0.2) is 14.8 Å². The Morgan fingerprint density at radius 2 is 1.94 bits per heavy atom. The van der Waals surface area contributed by atoms with Crippen LogP contribution in [-0.2, 0) is 14.3 Å². The number of aryl methyl sites for hydroxylation is 2. The lowest BCUT2D eigenvalue weighted by atomic mass is 9.96. The number of thioether (sulfide) groups is 1. The smallest absolute Gasteiger partial charge is 0.348 e. The molecule has 10 heteroatoms. The predicted octanol–water partition coefficient (Wildman–Crippen LogP) is 4.34. The van der Waals surface area contributed by atoms with E-state index in [4.69, 9.17) is 4.74 Å². The first-order valence-electron chi connectivity index (χ1n) is 10.5. The molecule has 0 atom stereocenters. The minimum Gasteiger partial charge on any atom is -0.462 e. The number of aromatic nitrogens is 2. The van der Waals surface area contributed by atoms with Gasteiger partial charge in [-0.3, -0.25) is 14.5 Å². The molecule has 3 aromatic rings. The number of thiophene rings is 1. The van der Waals surface area contributed by atoms with Gasteiger partial charge in [-0.1, -0.05) is 23.9 Å². The molecule has 0 fully saturated rings. The molecular formula is C23H24N4O4S2. The normalized spacial score (nSPS) is 14.7. The van der Waals surface area contributed by atoms with Crippen molar-refractivity contribution in [1.82, 2.24) is 9.97 Å². The van der Waals surface area contributed by atoms with Crippen LogP contribution < -0.4 is 10.2 Å². The molecule has 0 saturated carbocycles. The highest BCUT2D eigenvalue weighted by Gasteiger charge is 2.43. The molecular weight excluding hydrogens is 460 g/mol. The number of fused-ring (bicyclic) bond motifs is 2. The van der Waals surface area contributed by atoms with Crippen LogP contribution in [0.5, 0.6) is 0 Å². The summed E-state index contributed by atoms with van der Waals surface area (Å²) in [6.45, 7) is 9.11. The number of carbonyl (C=O) groups is 3. The van der Waals surface area contributed by atoms with Crippen LogP contribution in [0.2, 0.25) is 0 Å². The maximum absolute atomic E-state index is 13.4. The van der Waals surface area contributed by atoms with Gasteiger partial charge < -0.3 is 10.1 Å². The zero-order valence-electron chi connectivity index (χ0n) is 19.0. The van der Waals surface area contributed by atoms with Crippen molar-refractivity contribution in [3.8, 4) is 0 Å². The number of hydrogen-bond donors (Lipinski definition) is 1. The summed E-state index contributed by atoms with van der Waals surface area (Å²) < 4.78 is 5.17. The van der Waals surface area contributed by atoms with Gasteiger partial charge in [0.2, 0.25) is 11.8 Å². The van der Waals surface area contributed by atoms with Crippen LogP contribution in [0.4, 0.5) is 11.4 Å². The van der Waals surface area contributed by atoms with E-state index < -0.39 is 5.54 Å². The monoisotopic (exact) mass is 484 g/mol. The lowest BCUT2D eigenvalue weighted by Gasteiger charge is -2.42. The minimum atomic E-state index is -1.04. The maximum Gasteiger partial charge on any atom is 0.348 e. The van der Waals surface area contributed by atoms with E-state index in [1.807, 2.05) is 25.1 Å². The van der Waals surface area contributed by atoms with Gasteiger partial charge in [0.05, 0.1) is 23.7 Å². The van der Waals surface area contributed by atoms with Crippen LogP contribution in [0.25, 0.3) is 10.2 Å². The first kappa shape index (κ1) is 23.2. The molecule has 0 unspecified atom stereocenters. The Bertz CT molecular complexity index is 1280. The number of rotatable bonds is 5. The van der Waals surface area contributed by atoms with Crippen molar-refractivity contribution in [3.63, 3.8) is 0 Å². The molecule has 1 aromatic carbocycles. The fourth-order valence-corrected chi connectivity index (χ4v) is 5.96. The van der Waals surface area contributed by atoms with Gasteiger partial charge in [0.1, 0.15) is 26.1 Å². The number of hydrogen-bond acceptors (Lipinski definition) is 8. The molecule has 1 N–H and O–H groups in total. The Kier molecular flexibility index (Phi) is 6.15. The number of amides is 2. The van der Waals surface area contributed by atoms with Crippen LogP contribution in [0.1, 0.15) is 41.8 Å². The molecule has 2 amide bonds. The summed E-state index contributed by atoms with van der Waals surface area (Å²) in [6, 6.07) is 7.25. The largest absolute Gasteiger partial charge is 0.462 e. The second kappa shape index (κ2) is 8.75. The summed E-state index contributed by atoms with van der Waals surface area (Å²) in [4.78, 5) is 50.2. The quantitative estimate of drug-likeness (QED) is 0.326. The molecule has 0 saturated heterocycles. The summed E-state index contributed by atoms with van der Waals surface area (Å²) in [5, 5.41) is 4.25. The Morgan fingerprint density at radius 1 is 1.21 bits per heavy atom. The summed E-state index contributed by atoms with van der Waals surface area (Å²) in [5.41, 5.74) is 0.964. The topological polar surface area (TPSA) is 101 Å². The van der Waals surface area contributed by atoms with Crippen molar-refractivity contribution < 1.29 is 19.1 Å². The number of ether oxygens (including phenoxy) is 1. The van der Waals surface area contributed by atoms with Gasteiger partial charge >= 0.3 is 5.97 Å². The van der Waals surface area contributed by atoms with Crippen LogP contribution >= 0.6 is 23.1 Å². The lowest BCUT2D eigenvalue weighted by Crippen LogP contribution is -2.58. The Hall–Kier alpha value is -2.98. The van der Waals surface area contributed by atoms with Crippen molar-refractivity contribution in [2.45, 2.75) is 45.2 Å². The Balaban J connectivity index is 1.67. The number of esters is 1. The van der Waals surface area contributed by atoms with Crippen LogP contribution in [0, 0.1) is 13.8 Å². The predicted molar refractivity (Wildman–Crippen MR) is 130 cm³/mol. The molecule has 0 aliphatic carbocycles. The van der Waals surface area contributed by atoms with E-state index in [-0.39, 0.29) is 30.1 Å². The third kappa shape index (κ3) is 4.08. The lowest BCUT2D eigenvalue weighted by molar-refractivity contribution is -0.125. The molecule has 1 aliphatic heterocycles. The first-order valence-corrected chi connectivity index (χ1v) is 12.3. The number of nitrogens with zero attached hydrogens (tertiary/aromatic N) is 3. The van der Waals surface area contributed by atoms with Crippen molar-refractivity contribution in [3.05, 3.63) is 40.5 Å². The third-order valence-electron chi connectivity index (χ3n) is 5.42. The van der Waals surface area contributed by atoms with Gasteiger partial charge in [-0.05, 0) is 52.3 Å². The fraction of sp³-hybridized carbons (Fsp3) is 0.348. The van der Waals surface area contributed by atoms with Crippen molar-refractivity contribution in [2.75, 3.05) is 22.6 Å². The van der Waals surface area contributed by atoms with Crippen LogP contribution in [-0.4, -0.2) is 45.7 Å². The Labute approximate surface area is 199 Å². The van der Waals surface area contributed by atoms with E-state index in [1.54, 1.807) is 38.7 Å². The van der Waals surface area contributed by atoms with Gasteiger partial charge in [-0.2, -0.15) is 0 Å². The van der Waals surface area contributed by atoms with E-state index in [0.29, 0.717) is 31.9 Å². The maximum atomic E-state index is 13.4. The van der Waals surface area contributed by atoms with Crippen molar-refractivity contribution in [1.29, 1.82) is 0 Å². The Morgan fingerprint density at radius 3 is 2.67 bits per heavy atom. The molecule has 1 aliphatic rings. The summed E-state index contributed by atoms with van der Waals surface area (Å²) in [5.74, 6) is -0.221. The number of anilines is 2. The zero-order chi connectivity index (χ0) is 23.9. The molecule has 8 nitrogen and oxygen atoms in total. The molecule has 3 heterocycles. The second-order valence-corrected chi connectivity index (χ2v) is 10.0. The second-order valence-electron chi connectivity index (χ2n) is 8.08. The van der Waals surface area contributed by atoms with Gasteiger partial charge in [0.15, 0.2) is 0 Å². The molecule has 0 spiro atoms. The first-order chi connectivity index (χ1) is 15.6. The SMILES string of the molecule is CCOC(=O)c1sc2nc(C)nc(SCC(=O)N3c4ccccc4NC(=O)C3(C)C)c2c1C. The molecule has 2 aromatic heterocycles. The van der Waals surface area contributed by atoms with Crippen LogP contribution in [0.15, 0.2) is 29.3 Å². The van der Waals surface area contributed by atoms with Gasteiger partial charge in [0, 0.05) is 5.39 Å². The molecule has 33 heavy (non-hydrogen) atoms. The number of nitrogens with one attached hydrogen (secondary N) is 1. The average Bonchev–Trinajstić information content (AvgIpc) is 3.09. The number of para-hydroxylation sites is 2. The van der Waals surface area contributed by atoms with Crippen molar-refractivity contribution in [2.24, 2.45) is 0 Å². The minimum absolute atomic E-state index is 0.0701. The van der Waals surface area contributed by atoms with E-state index in [0.717, 1.165) is 10.9 Å². The number of benzene rings is 1. The van der Waals surface area contributed by atoms with E-state index in [1.165, 1.54) is 23.1 Å². The van der Waals surface area contributed by atoms with E-state index in [2.05, 4.69) is 15.3 Å². The molecule has 0 bridgehead atoms. The van der Waals surface area contributed by atoms with E-state index in [9.17, 15) is 14.4 Å². The number of carbonyl (C=O) groups excluding carboxylic acids is 3. The highest BCUT2D eigenvalue weighted by Crippen LogP contribution is 2.39. The molecule has 172 valence electrons. The standard InChI is InChI=1S/C23H24N4O4S2/c1-6-31-21(29)18-12(2)17-19(24-13(3)25-20(17)33-18)32-11-16(28)27-15-10-8-7-9-14(15)26-22(30)23(27,4)5/h7-10H,6,11H2,1-5H3,(H,26,30).